The largest absolute Gasteiger partial charge is 0.496 e. The molecule has 3 nitrogen and oxygen atoms in total. The second kappa shape index (κ2) is 8.22. The number of hydrogen-bond acceptors (Lipinski definition) is 3. The molecule has 0 N–H and O–H groups in total. The van der Waals surface area contributed by atoms with Crippen molar-refractivity contribution in [2.45, 2.75) is 47.0 Å². The third kappa shape index (κ3) is 4.14. The zero-order chi connectivity index (χ0) is 20.3. The maximum atomic E-state index is 12.1. The van der Waals surface area contributed by atoms with Crippen molar-refractivity contribution in [1.82, 2.24) is 0 Å². The molecular weight excluding hydrogens is 348 g/mol. The van der Waals surface area contributed by atoms with Crippen LogP contribution in [0.2, 0.25) is 0 Å². The number of carbonyl (C=O) groups is 1. The van der Waals surface area contributed by atoms with Crippen LogP contribution < -0.4 is 4.74 Å². The summed E-state index contributed by atoms with van der Waals surface area (Å²) in [6.45, 7) is 9.07. The average Bonchev–Trinajstić information content (AvgIpc) is 2.66. The molecule has 0 amide bonds. The Bertz CT molecular complexity index is 948. The van der Waals surface area contributed by atoms with Gasteiger partial charge in [0, 0.05) is 5.39 Å². The summed E-state index contributed by atoms with van der Waals surface area (Å²) in [6.07, 6.45) is 8.14. The van der Waals surface area contributed by atoms with E-state index >= 15 is 0 Å². The molecule has 2 aromatic rings. The fourth-order valence-corrected chi connectivity index (χ4v) is 4.14. The number of carbonyl (C=O) groups excluding carboxylic acids is 1. The topological polar surface area (TPSA) is 35.5 Å². The van der Waals surface area contributed by atoms with Crippen molar-refractivity contribution in [2.24, 2.45) is 5.41 Å². The minimum Gasteiger partial charge on any atom is -0.496 e. The predicted octanol–water partition coefficient (Wildman–Crippen LogP) is 6.56. The Hall–Kier alpha value is -2.55. The molecule has 0 spiro atoms. The Labute approximate surface area is 168 Å². The van der Waals surface area contributed by atoms with E-state index in [-0.39, 0.29) is 11.4 Å². The molecule has 0 saturated carbocycles. The third-order valence-corrected chi connectivity index (χ3v) is 5.66. The number of ether oxygens (including phenoxy) is 2. The standard InChI is InChI=1S/C25H30O3/c1-6-28-24(26)20-15-19-11-9-18(14-21(19)23(16-20)27-5)10-12-22-17(2)8-7-13-25(22,3)4/h9-12,14-16H,6-8,13H2,1-5H3/b12-10+. The quantitative estimate of drug-likeness (QED) is 0.552. The van der Waals surface area contributed by atoms with E-state index in [1.165, 1.54) is 30.4 Å². The van der Waals surface area contributed by atoms with Crippen molar-refractivity contribution >= 4 is 22.8 Å². The van der Waals surface area contributed by atoms with Gasteiger partial charge in [0.25, 0.3) is 0 Å². The van der Waals surface area contributed by atoms with Gasteiger partial charge in [-0.3, -0.25) is 0 Å². The second-order valence-corrected chi connectivity index (χ2v) is 8.14. The highest BCUT2D eigenvalue weighted by molar-refractivity contribution is 5.99. The SMILES string of the molecule is CCOC(=O)c1cc(OC)c2cc(/C=C/C3=C(C)CCCC3(C)C)ccc2c1. The van der Waals surface area contributed by atoms with Gasteiger partial charge in [-0.05, 0) is 73.2 Å². The van der Waals surface area contributed by atoms with E-state index in [4.69, 9.17) is 9.47 Å². The van der Waals surface area contributed by atoms with Gasteiger partial charge in [-0.25, -0.2) is 4.79 Å². The lowest BCUT2D eigenvalue weighted by Gasteiger charge is -2.32. The molecule has 0 aliphatic heterocycles. The highest BCUT2D eigenvalue weighted by atomic mass is 16.5. The molecule has 0 fully saturated rings. The summed E-state index contributed by atoms with van der Waals surface area (Å²) in [5.74, 6) is 0.359. The van der Waals surface area contributed by atoms with Crippen LogP contribution in [0.5, 0.6) is 5.75 Å². The summed E-state index contributed by atoms with van der Waals surface area (Å²) in [6, 6.07) is 9.85. The molecule has 3 heteroatoms. The monoisotopic (exact) mass is 378 g/mol. The highest BCUT2D eigenvalue weighted by Gasteiger charge is 2.26. The Morgan fingerprint density at radius 3 is 2.64 bits per heavy atom. The molecule has 0 aromatic heterocycles. The Morgan fingerprint density at radius 1 is 1.18 bits per heavy atom. The molecule has 1 aliphatic rings. The van der Waals surface area contributed by atoms with Gasteiger partial charge in [-0.1, -0.05) is 43.7 Å². The normalized spacial score (nSPS) is 16.6. The van der Waals surface area contributed by atoms with Gasteiger partial charge in [0.15, 0.2) is 0 Å². The van der Waals surface area contributed by atoms with Gasteiger partial charge in [-0.2, -0.15) is 0 Å². The van der Waals surface area contributed by atoms with Gasteiger partial charge >= 0.3 is 5.97 Å². The molecule has 0 heterocycles. The van der Waals surface area contributed by atoms with Crippen molar-refractivity contribution in [1.29, 1.82) is 0 Å². The summed E-state index contributed by atoms with van der Waals surface area (Å²) in [4.78, 5) is 12.1. The summed E-state index contributed by atoms with van der Waals surface area (Å²) in [7, 11) is 1.63. The molecule has 2 aromatic carbocycles. The van der Waals surface area contributed by atoms with Crippen LogP contribution in [0, 0.1) is 5.41 Å². The number of benzene rings is 2. The van der Waals surface area contributed by atoms with Gasteiger partial charge in [0.1, 0.15) is 5.75 Å². The fraction of sp³-hybridized carbons (Fsp3) is 0.400. The van der Waals surface area contributed by atoms with Crippen LogP contribution in [0.3, 0.4) is 0 Å². The van der Waals surface area contributed by atoms with E-state index in [1.807, 2.05) is 12.1 Å². The summed E-state index contributed by atoms with van der Waals surface area (Å²) < 4.78 is 10.7. The molecule has 0 atom stereocenters. The second-order valence-electron chi connectivity index (χ2n) is 8.14. The molecule has 148 valence electrons. The van der Waals surface area contributed by atoms with E-state index in [0.29, 0.717) is 17.9 Å². The fourth-order valence-electron chi connectivity index (χ4n) is 4.14. The first-order chi connectivity index (χ1) is 13.4. The first kappa shape index (κ1) is 20.2. The number of fused-ring (bicyclic) bond motifs is 1. The van der Waals surface area contributed by atoms with Gasteiger partial charge in [-0.15, -0.1) is 0 Å². The number of hydrogen-bond donors (Lipinski definition) is 0. The van der Waals surface area contributed by atoms with Crippen molar-refractivity contribution in [3.63, 3.8) is 0 Å². The highest BCUT2D eigenvalue weighted by Crippen LogP contribution is 2.41. The number of rotatable bonds is 5. The number of esters is 1. The molecule has 0 unspecified atom stereocenters. The van der Waals surface area contributed by atoms with Crippen LogP contribution in [0.15, 0.2) is 47.6 Å². The molecule has 0 radical (unpaired) electrons. The zero-order valence-electron chi connectivity index (χ0n) is 17.6. The first-order valence-corrected chi connectivity index (χ1v) is 10.0. The summed E-state index contributed by atoms with van der Waals surface area (Å²) >= 11 is 0. The van der Waals surface area contributed by atoms with Crippen molar-refractivity contribution in [2.75, 3.05) is 13.7 Å². The maximum absolute atomic E-state index is 12.1. The molecule has 0 bridgehead atoms. The van der Waals surface area contributed by atoms with E-state index < -0.39 is 0 Å². The Morgan fingerprint density at radius 2 is 1.96 bits per heavy atom. The molecule has 3 rings (SSSR count). The van der Waals surface area contributed by atoms with Crippen molar-refractivity contribution < 1.29 is 14.3 Å². The van der Waals surface area contributed by atoms with Gasteiger partial charge in [0.05, 0.1) is 19.3 Å². The summed E-state index contributed by atoms with van der Waals surface area (Å²) in [5, 5.41) is 1.96. The van der Waals surface area contributed by atoms with E-state index in [0.717, 1.165) is 16.3 Å². The Kier molecular flexibility index (Phi) is 5.93. The van der Waals surface area contributed by atoms with E-state index in [2.05, 4.69) is 45.1 Å². The predicted molar refractivity (Wildman–Crippen MR) is 116 cm³/mol. The van der Waals surface area contributed by atoms with Gasteiger partial charge in [0.2, 0.25) is 0 Å². The number of methoxy groups -OCH3 is 1. The molecule has 28 heavy (non-hydrogen) atoms. The minimum absolute atomic E-state index is 0.224. The lowest BCUT2D eigenvalue weighted by Crippen LogP contribution is -2.18. The third-order valence-electron chi connectivity index (χ3n) is 5.66. The van der Waals surface area contributed by atoms with Crippen LogP contribution in [0.1, 0.15) is 62.9 Å². The van der Waals surface area contributed by atoms with Crippen molar-refractivity contribution in [3.05, 3.63) is 58.7 Å². The molecule has 1 aliphatic carbocycles. The first-order valence-electron chi connectivity index (χ1n) is 10.0. The smallest absolute Gasteiger partial charge is 0.338 e. The van der Waals surface area contributed by atoms with E-state index in [1.54, 1.807) is 20.1 Å². The van der Waals surface area contributed by atoms with Gasteiger partial charge < -0.3 is 9.47 Å². The molecular formula is C25H30O3. The average molecular weight is 379 g/mol. The number of allylic oxidation sites excluding steroid dienone is 3. The van der Waals surface area contributed by atoms with Crippen LogP contribution in [-0.2, 0) is 4.74 Å². The van der Waals surface area contributed by atoms with Crippen molar-refractivity contribution in [3.8, 4) is 5.75 Å². The lowest BCUT2D eigenvalue weighted by atomic mass is 9.72. The zero-order valence-corrected chi connectivity index (χ0v) is 17.6. The Balaban J connectivity index is 1.98. The molecule has 0 saturated heterocycles. The minimum atomic E-state index is -0.325. The van der Waals surface area contributed by atoms with Crippen LogP contribution >= 0.6 is 0 Å². The maximum Gasteiger partial charge on any atom is 0.338 e. The summed E-state index contributed by atoms with van der Waals surface area (Å²) in [5.41, 5.74) is 4.80. The van der Waals surface area contributed by atoms with Crippen LogP contribution in [-0.4, -0.2) is 19.7 Å². The lowest BCUT2D eigenvalue weighted by molar-refractivity contribution is 0.0526. The van der Waals surface area contributed by atoms with Crippen LogP contribution in [0.4, 0.5) is 0 Å². The van der Waals surface area contributed by atoms with E-state index in [9.17, 15) is 4.79 Å². The van der Waals surface area contributed by atoms with Crippen LogP contribution in [0.25, 0.3) is 16.8 Å².